The van der Waals surface area contributed by atoms with Gasteiger partial charge < -0.3 is 5.32 Å². The molecule has 1 fully saturated rings. The summed E-state index contributed by atoms with van der Waals surface area (Å²) < 4.78 is 14.2. The molecule has 0 aliphatic heterocycles. The van der Waals surface area contributed by atoms with E-state index in [9.17, 15) is 4.39 Å². The Bertz CT molecular complexity index is 870. The van der Waals surface area contributed by atoms with E-state index in [1.54, 1.807) is 12.1 Å². The van der Waals surface area contributed by atoms with Crippen LogP contribution in [0.5, 0.6) is 0 Å². The normalized spacial score (nSPS) is 15.9. The van der Waals surface area contributed by atoms with Crippen LogP contribution in [-0.4, -0.2) is 16.0 Å². The van der Waals surface area contributed by atoms with Gasteiger partial charge in [-0.1, -0.05) is 49.9 Å². The minimum Gasteiger partial charge on any atom is -0.367 e. The molecule has 3 nitrogen and oxygen atoms in total. The van der Waals surface area contributed by atoms with Crippen LogP contribution in [-0.2, 0) is 0 Å². The molecule has 0 radical (unpaired) electrons. The van der Waals surface area contributed by atoms with Crippen molar-refractivity contribution in [3.63, 3.8) is 0 Å². The molecule has 1 N–H and O–H groups in total. The van der Waals surface area contributed by atoms with Crippen molar-refractivity contribution in [1.82, 2.24) is 9.97 Å². The van der Waals surface area contributed by atoms with Crippen LogP contribution in [0.1, 0.15) is 38.5 Å². The SMILES string of the molecule is Fc1ccccc1-c1nc(NC2CCCCCC2)c2ccccc2n1. The van der Waals surface area contributed by atoms with E-state index in [2.05, 4.69) is 10.3 Å². The third kappa shape index (κ3) is 3.48. The zero-order valence-electron chi connectivity index (χ0n) is 14.2. The summed E-state index contributed by atoms with van der Waals surface area (Å²) in [5, 5.41) is 4.61. The first kappa shape index (κ1) is 16.0. The molecule has 2 aromatic carbocycles. The van der Waals surface area contributed by atoms with Gasteiger partial charge in [-0.15, -0.1) is 0 Å². The molecule has 128 valence electrons. The topological polar surface area (TPSA) is 37.8 Å². The van der Waals surface area contributed by atoms with Crippen molar-refractivity contribution < 1.29 is 4.39 Å². The fourth-order valence-electron chi connectivity index (χ4n) is 3.57. The average Bonchev–Trinajstić information content (AvgIpc) is 2.91. The van der Waals surface area contributed by atoms with Gasteiger partial charge in [0, 0.05) is 11.4 Å². The second kappa shape index (κ2) is 7.18. The maximum Gasteiger partial charge on any atom is 0.165 e. The van der Waals surface area contributed by atoms with E-state index < -0.39 is 0 Å². The second-order valence-electron chi connectivity index (χ2n) is 6.73. The Kier molecular flexibility index (Phi) is 4.59. The number of para-hydroxylation sites is 1. The monoisotopic (exact) mass is 335 g/mol. The Morgan fingerprint density at radius 3 is 2.36 bits per heavy atom. The fraction of sp³-hybridized carbons (Fsp3) is 0.333. The number of aromatic nitrogens is 2. The standard InChI is InChI=1S/C21H22FN3/c22-18-13-7-5-11-16(18)20-24-19-14-8-6-12-17(19)21(25-20)23-15-9-3-1-2-4-10-15/h5-8,11-15H,1-4,9-10H2,(H,23,24,25). The molecule has 3 aromatic rings. The van der Waals surface area contributed by atoms with Crippen LogP contribution in [0.4, 0.5) is 10.2 Å². The summed E-state index contributed by atoms with van der Waals surface area (Å²) in [7, 11) is 0. The second-order valence-corrected chi connectivity index (χ2v) is 6.73. The lowest BCUT2D eigenvalue weighted by Crippen LogP contribution is -2.19. The van der Waals surface area contributed by atoms with Crippen LogP contribution >= 0.6 is 0 Å². The lowest BCUT2D eigenvalue weighted by atomic mass is 10.1. The summed E-state index contributed by atoms with van der Waals surface area (Å²) in [5.41, 5.74) is 1.28. The van der Waals surface area contributed by atoms with Gasteiger partial charge in [0.1, 0.15) is 11.6 Å². The number of rotatable bonds is 3. The summed E-state index contributed by atoms with van der Waals surface area (Å²) >= 11 is 0. The number of fused-ring (bicyclic) bond motifs is 1. The number of hydrogen-bond acceptors (Lipinski definition) is 3. The Balaban J connectivity index is 1.77. The van der Waals surface area contributed by atoms with Gasteiger partial charge in [0.15, 0.2) is 5.82 Å². The van der Waals surface area contributed by atoms with Crippen molar-refractivity contribution in [2.24, 2.45) is 0 Å². The maximum atomic E-state index is 14.2. The molecule has 25 heavy (non-hydrogen) atoms. The fourth-order valence-corrected chi connectivity index (χ4v) is 3.57. The highest BCUT2D eigenvalue weighted by Crippen LogP contribution is 2.28. The minimum absolute atomic E-state index is 0.293. The first-order chi connectivity index (χ1) is 12.3. The molecule has 1 saturated carbocycles. The van der Waals surface area contributed by atoms with Gasteiger partial charge >= 0.3 is 0 Å². The molecule has 4 heteroatoms. The van der Waals surface area contributed by atoms with E-state index in [1.165, 1.54) is 31.7 Å². The van der Waals surface area contributed by atoms with Crippen LogP contribution in [0.3, 0.4) is 0 Å². The molecule has 1 aromatic heterocycles. The summed E-state index contributed by atoms with van der Waals surface area (Å²) in [5.74, 6) is 0.960. The van der Waals surface area contributed by atoms with Crippen molar-refractivity contribution in [2.45, 2.75) is 44.6 Å². The van der Waals surface area contributed by atoms with Gasteiger partial charge in [0.25, 0.3) is 0 Å². The Labute approximate surface area is 147 Å². The number of hydrogen-bond donors (Lipinski definition) is 1. The lowest BCUT2D eigenvalue weighted by molar-refractivity contribution is 0.618. The van der Waals surface area contributed by atoms with Crippen LogP contribution in [0.15, 0.2) is 48.5 Å². The van der Waals surface area contributed by atoms with Gasteiger partial charge in [0.2, 0.25) is 0 Å². The molecule has 1 aliphatic carbocycles. The molecule has 0 amide bonds. The summed E-state index contributed by atoms with van der Waals surface area (Å²) in [4.78, 5) is 9.28. The molecule has 0 saturated heterocycles. The van der Waals surface area contributed by atoms with Gasteiger partial charge in [-0.25, -0.2) is 14.4 Å². The zero-order chi connectivity index (χ0) is 17.1. The number of nitrogens with zero attached hydrogens (tertiary/aromatic N) is 2. The summed E-state index contributed by atoms with van der Waals surface area (Å²) in [6.45, 7) is 0. The zero-order valence-corrected chi connectivity index (χ0v) is 14.2. The largest absolute Gasteiger partial charge is 0.367 e. The van der Waals surface area contributed by atoms with E-state index in [0.717, 1.165) is 29.6 Å². The summed E-state index contributed by atoms with van der Waals surface area (Å²) in [6.07, 6.45) is 7.44. The van der Waals surface area contributed by atoms with Crippen molar-refractivity contribution in [3.8, 4) is 11.4 Å². The Hall–Kier alpha value is -2.49. The minimum atomic E-state index is -0.293. The van der Waals surface area contributed by atoms with Gasteiger partial charge in [0.05, 0.1) is 11.1 Å². The molecule has 0 bridgehead atoms. The van der Waals surface area contributed by atoms with Crippen LogP contribution in [0.2, 0.25) is 0 Å². The van der Waals surface area contributed by atoms with Crippen molar-refractivity contribution in [2.75, 3.05) is 5.32 Å². The first-order valence-electron chi connectivity index (χ1n) is 9.09. The smallest absolute Gasteiger partial charge is 0.165 e. The van der Waals surface area contributed by atoms with Gasteiger partial charge in [-0.2, -0.15) is 0 Å². The van der Waals surface area contributed by atoms with Crippen molar-refractivity contribution in [1.29, 1.82) is 0 Å². The van der Waals surface area contributed by atoms with Gasteiger partial charge in [-0.3, -0.25) is 0 Å². The average molecular weight is 335 g/mol. The quantitative estimate of drug-likeness (QED) is 0.636. The van der Waals surface area contributed by atoms with Gasteiger partial charge in [-0.05, 0) is 37.1 Å². The van der Waals surface area contributed by atoms with E-state index in [-0.39, 0.29) is 5.82 Å². The molecule has 1 heterocycles. The molecule has 1 aliphatic rings. The van der Waals surface area contributed by atoms with Crippen LogP contribution < -0.4 is 5.32 Å². The maximum absolute atomic E-state index is 14.2. The first-order valence-corrected chi connectivity index (χ1v) is 9.09. The molecule has 4 rings (SSSR count). The number of benzene rings is 2. The van der Waals surface area contributed by atoms with Crippen LogP contribution in [0.25, 0.3) is 22.3 Å². The highest BCUT2D eigenvalue weighted by molar-refractivity contribution is 5.90. The third-order valence-corrected chi connectivity index (χ3v) is 4.91. The predicted octanol–water partition coefficient (Wildman–Crippen LogP) is 5.57. The van der Waals surface area contributed by atoms with E-state index in [4.69, 9.17) is 4.98 Å². The molecule has 0 spiro atoms. The third-order valence-electron chi connectivity index (χ3n) is 4.91. The predicted molar refractivity (Wildman–Crippen MR) is 100 cm³/mol. The van der Waals surface area contributed by atoms with Crippen LogP contribution in [0, 0.1) is 5.82 Å². The van der Waals surface area contributed by atoms with E-state index in [0.29, 0.717) is 17.4 Å². The summed E-state index contributed by atoms with van der Waals surface area (Å²) in [6, 6.07) is 15.0. The highest BCUT2D eigenvalue weighted by atomic mass is 19.1. The Morgan fingerprint density at radius 1 is 0.840 bits per heavy atom. The molecule has 0 unspecified atom stereocenters. The van der Waals surface area contributed by atoms with Crippen molar-refractivity contribution >= 4 is 16.7 Å². The van der Waals surface area contributed by atoms with E-state index in [1.807, 2.05) is 30.3 Å². The Morgan fingerprint density at radius 2 is 1.56 bits per heavy atom. The number of anilines is 1. The van der Waals surface area contributed by atoms with E-state index >= 15 is 0 Å². The number of nitrogens with one attached hydrogen (secondary N) is 1. The molecule has 0 atom stereocenters. The molecular formula is C21H22FN3. The number of halogens is 1. The van der Waals surface area contributed by atoms with Crippen molar-refractivity contribution in [3.05, 3.63) is 54.3 Å². The molecular weight excluding hydrogens is 313 g/mol. The lowest BCUT2D eigenvalue weighted by Gasteiger charge is -2.19. The highest BCUT2D eigenvalue weighted by Gasteiger charge is 2.16.